The van der Waals surface area contributed by atoms with Gasteiger partial charge < -0.3 is 10.1 Å². The van der Waals surface area contributed by atoms with Crippen LogP contribution in [0.15, 0.2) is 0 Å². The highest BCUT2D eigenvalue weighted by molar-refractivity contribution is 5.67. The first-order valence-corrected chi connectivity index (χ1v) is 4.97. The fraction of sp³-hybridized carbons (Fsp3) is 0.800. The van der Waals surface area contributed by atoms with Gasteiger partial charge in [0.25, 0.3) is 0 Å². The second-order valence-corrected chi connectivity index (χ2v) is 3.74. The molecule has 0 aromatic heterocycles. The van der Waals surface area contributed by atoms with Gasteiger partial charge in [-0.15, -0.1) is 0 Å². The Hall–Kier alpha value is -0.730. The first-order chi connectivity index (χ1) is 6.18. The van der Waals surface area contributed by atoms with Gasteiger partial charge in [0.2, 0.25) is 0 Å². The highest BCUT2D eigenvalue weighted by Crippen LogP contribution is 2.16. The molecule has 0 aromatic rings. The molecule has 0 saturated heterocycles. The molecule has 1 saturated carbocycles. The Labute approximate surface area is 79.8 Å². The molecule has 1 rings (SSSR count). The van der Waals surface area contributed by atoms with Gasteiger partial charge in [-0.1, -0.05) is 0 Å². The van der Waals surface area contributed by atoms with Crippen molar-refractivity contribution < 1.29 is 9.53 Å². The molecule has 3 nitrogen and oxygen atoms in total. The van der Waals surface area contributed by atoms with Crippen molar-refractivity contribution in [2.75, 3.05) is 0 Å². The smallest absolute Gasteiger partial charge is 0.407 e. The highest BCUT2D eigenvalue weighted by Gasteiger charge is 2.16. The van der Waals surface area contributed by atoms with Crippen LogP contribution in [0.25, 0.3) is 0 Å². The van der Waals surface area contributed by atoms with E-state index in [2.05, 4.69) is 11.7 Å². The molecule has 13 heavy (non-hydrogen) atoms. The molecule has 0 atom stereocenters. The maximum atomic E-state index is 11.2. The van der Waals surface area contributed by atoms with Gasteiger partial charge >= 0.3 is 6.09 Å². The van der Waals surface area contributed by atoms with Crippen molar-refractivity contribution in [3.63, 3.8) is 0 Å². The second-order valence-electron chi connectivity index (χ2n) is 3.74. The molecule has 0 aromatic carbocycles. The summed E-state index contributed by atoms with van der Waals surface area (Å²) in [6.45, 7) is 3.71. The minimum absolute atomic E-state index is 0.0323. The van der Waals surface area contributed by atoms with Crippen molar-refractivity contribution >= 4 is 6.09 Å². The molecule has 75 valence electrons. The number of hydrogen-bond acceptors (Lipinski definition) is 2. The topological polar surface area (TPSA) is 38.3 Å². The maximum absolute atomic E-state index is 11.2. The first kappa shape index (κ1) is 10.4. The third-order valence-electron chi connectivity index (χ3n) is 2.10. The molecule has 1 radical (unpaired) electrons. The SMILES string of the molecule is CC(C)OC(=O)NC1CC[CH]CC1. The van der Waals surface area contributed by atoms with E-state index in [4.69, 9.17) is 4.74 Å². The Morgan fingerprint density at radius 3 is 2.62 bits per heavy atom. The number of alkyl carbamates (subject to hydrolysis) is 1. The van der Waals surface area contributed by atoms with Gasteiger partial charge in [0.1, 0.15) is 0 Å². The molecule has 1 aliphatic carbocycles. The van der Waals surface area contributed by atoms with Crippen LogP contribution in [0.1, 0.15) is 39.5 Å². The molecular formula is C10H18NO2. The van der Waals surface area contributed by atoms with Crippen LogP contribution < -0.4 is 5.32 Å². The van der Waals surface area contributed by atoms with E-state index >= 15 is 0 Å². The Morgan fingerprint density at radius 2 is 2.08 bits per heavy atom. The molecule has 1 fully saturated rings. The van der Waals surface area contributed by atoms with E-state index < -0.39 is 0 Å². The van der Waals surface area contributed by atoms with Gasteiger partial charge in [0, 0.05) is 6.04 Å². The summed E-state index contributed by atoms with van der Waals surface area (Å²) in [5.74, 6) is 0. The van der Waals surface area contributed by atoms with Crippen molar-refractivity contribution in [3.05, 3.63) is 6.42 Å². The quantitative estimate of drug-likeness (QED) is 0.715. The summed E-state index contributed by atoms with van der Waals surface area (Å²) in [7, 11) is 0. The number of amides is 1. The summed E-state index contributed by atoms with van der Waals surface area (Å²) in [6, 6.07) is 0.316. The lowest BCUT2D eigenvalue weighted by Crippen LogP contribution is -2.37. The fourth-order valence-electron chi connectivity index (χ4n) is 1.49. The van der Waals surface area contributed by atoms with Gasteiger partial charge in [-0.3, -0.25) is 0 Å². The van der Waals surface area contributed by atoms with Crippen molar-refractivity contribution in [2.45, 2.75) is 51.7 Å². The monoisotopic (exact) mass is 184 g/mol. The average molecular weight is 184 g/mol. The van der Waals surface area contributed by atoms with E-state index in [1.165, 1.54) is 0 Å². The Balaban J connectivity index is 2.18. The number of rotatable bonds is 2. The molecular weight excluding hydrogens is 166 g/mol. The number of carbonyl (C=O) groups excluding carboxylic acids is 1. The number of hydrogen-bond donors (Lipinski definition) is 1. The van der Waals surface area contributed by atoms with Crippen molar-refractivity contribution in [2.24, 2.45) is 0 Å². The Bertz CT molecular complexity index is 162. The zero-order chi connectivity index (χ0) is 9.68. The molecule has 0 heterocycles. The molecule has 1 N–H and O–H groups in total. The number of nitrogens with one attached hydrogen (secondary N) is 1. The van der Waals surface area contributed by atoms with Gasteiger partial charge in [-0.05, 0) is 46.0 Å². The van der Waals surface area contributed by atoms with Crippen LogP contribution >= 0.6 is 0 Å². The zero-order valence-corrected chi connectivity index (χ0v) is 8.38. The normalized spacial score (nSPS) is 18.7. The summed E-state index contributed by atoms with van der Waals surface area (Å²) < 4.78 is 4.99. The number of carbonyl (C=O) groups is 1. The molecule has 0 unspecified atom stereocenters. The third kappa shape index (κ3) is 4.15. The van der Waals surface area contributed by atoms with Crippen LogP contribution in [0.4, 0.5) is 4.79 Å². The van der Waals surface area contributed by atoms with Crippen LogP contribution in [-0.4, -0.2) is 18.2 Å². The molecule has 0 spiro atoms. The molecule has 3 heteroatoms. The largest absolute Gasteiger partial charge is 0.447 e. The lowest BCUT2D eigenvalue weighted by Gasteiger charge is -2.22. The predicted molar refractivity (Wildman–Crippen MR) is 51.3 cm³/mol. The minimum atomic E-state index is -0.276. The van der Waals surface area contributed by atoms with Crippen LogP contribution in [-0.2, 0) is 4.74 Å². The zero-order valence-electron chi connectivity index (χ0n) is 8.38. The highest BCUT2D eigenvalue weighted by atomic mass is 16.6. The fourth-order valence-corrected chi connectivity index (χ4v) is 1.49. The summed E-state index contributed by atoms with van der Waals surface area (Å²) in [5.41, 5.74) is 0. The van der Waals surface area contributed by atoms with Gasteiger partial charge in [0.15, 0.2) is 0 Å². The summed E-state index contributed by atoms with van der Waals surface area (Å²) in [5, 5.41) is 2.87. The van der Waals surface area contributed by atoms with Crippen LogP contribution in [0.5, 0.6) is 0 Å². The summed E-state index contributed by atoms with van der Waals surface area (Å²) in [4.78, 5) is 11.2. The summed E-state index contributed by atoms with van der Waals surface area (Å²) in [6.07, 6.45) is 6.27. The van der Waals surface area contributed by atoms with E-state index in [9.17, 15) is 4.79 Å². The van der Waals surface area contributed by atoms with Crippen molar-refractivity contribution in [1.29, 1.82) is 0 Å². The third-order valence-corrected chi connectivity index (χ3v) is 2.10. The maximum Gasteiger partial charge on any atom is 0.407 e. The van der Waals surface area contributed by atoms with E-state index in [1.54, 1.807) is 0 Å². The van der Waals surface area contributed by atoms with Crippen LogP contribution in [0.2, 0.25) is 0 Å². The van der Waals surface area contributed by atoms with E-state index in [0.717, 1.165) is 25.7 Å². The molecule has 1 aliphatic rings. The van der Waals surface area contributed by atoms with E-state index in [1.807, 2.05) is 13.8 Å². The Morgan fingerprint density at radius 1 is 1.46 bits per heavy atom. The Kier molecular flexibility index (Phi) is 4.06. The van der Waals surface area contributed by atoms with Crippen molar-refractivity contribution in [1.82, 2.24) is 5.32 Å². The van der Waals surface area contributed by atoms with E-state index in [-0.39, 0.29) is 12.2 Å². The second kappa shape index (κ2) is 5.10. The van der Waals surface area contributed by atoms with Crippen molar-refractivity contribution in [3.8, 4) is 0 Å². The molecule has 1 amide bonds. The average Bonchev–Trinajstić information content (AvgIpc) is 2.04. The number of ether oxygens (including phenoxy) is 1. The summed E-state index contributed by atoms with van der Waals surface area (Å²) >= 11 is 0. The van der Waals surface area contributed by atoms with Gasteiger partial charge in [-0.2, -0.15) is 0 Å². The van der Waals surface area contributed by atoms with Gasteiger partial charge in [-0.25, -0.2) is 4.79 Å². The van der Waals surface area contributed by atoms with Crippen LogP contribution in [0.3, 0.4) is 0 Å². The molecule has 0 aliphatic heterocycles. The lowest BCUT2D eigenvalue weighted by molar-refractivity contribution is 0.110. The van der Waals surface area contributed by atoms with Crippen LogP contribution in [0, 0.1) is 6.42 Å². The standard InChI is InChI=1S/C10H18NO2/c1-8(2)13-10(12)11-9-6-4-3-5-7-9/h3,8-9H,4-7H2,1-2H3,(H,11,12). The first-order valence-electron chi connectivity index (χ1n) is 4.97. The molecule has 0 bridgehead atoms. The minimum Gasteiger partial charge on any atom is -0.447 e. The van der Waals surface area contributed by atoms with E-state index in [0.29, 0.717) is 6.04 Å². The predicted octanol–water partition coefficient (Wildman–Crippen LogP) is 2.27. The van der Waals surface area contributed by atoms with Gasteiger partial charge in [0.05, 0.1) is 6.10 Å². The lowest BCUT2D eigenvalue weighted by atomic mass is 9.96.